The lowest BCUT2D eigenvalue weighted by molar-refractivity contribution is 0.0734. The van der Waals surface area contributed by atoms with E-state index in [0.717, 1.165) is 11.1 Å². The number of rotatable bonds is 7. The van der Waals surface area contributed by atoms with Crippen molar-refractivity contribution in [2.45, 2.75) is 13.5 Å². The number of aryl methyl sites for hydroxylation is 1. The van der Waals surface area contributed by atoms with Gasteiger partial charge in [0.15, 0.2) is 5.76 Å². The third-order valence-corrected chi connectivity index (χ3v) is 6.53. The van der Waals surface area contributed by atoms with Crippen molar-refractivity contribution in [3.63, 3.8) is 0 Å². The second-order valence-electron chi connectivity index (χ2n) is 9.23. The van der Waals surface area contributed by atoms with Gasteiger partial charge in [-0.3, -0.25) is 4.79 Å². The van der Waals surface area contributed by atoms with E-state index in [-0.39, 0.29) is 17.3 Å². The average molecular weight is 533 g/mol. The summed E-state index contributed by atoms with van der Waals surface area (Å²) in [6.45, 7) is 2.10. The van der Waals surface area contributed by atoms with Crippen LogP contribution in [0.1, 0.15) is 37.6 Å². The van der Waals surface area contributed by atoms with E-state index < -0.39 is 5.97 Å². The molecule has 7 nitrogen and oxygen atoms in total. The Balaban J connectivity index is 1.21. The Bertz CT molecular complexity index is 1780. The number of methoxy groups -OCH3 is 1. The maximum atomic E-state index is 13.3. The lowest BCUT2D eigenvalue weighted by Gasteiger charge is -2.07. The van der Waals surface area contributed by atoms with E-state index in [4.69, 9.17) is 23.4 Å². The van der Waals surface area contributed by atoms with Gasteiger partial charge in [0.25, 0.3) is 0 Å². The predicted molar refractivity (Wildman–Crippen MR) is 149 cm³/mol. The van der Waals surface area contributed by atoms with Crippen LogP contribution in [0.5, 0.6) is 23.0 Å². The summed E-state index contributed by atoms with van der Waals surface area (Å²) in [5.74, 6) is 1.58. The van der Waals surface area contributed by atoms with Crippen LogP contribution < -0.4 is 18.9 Å². The number of furan rings is 1. The molecular formula is C33H24O7. The molecule has 0 saturated carbocycles. The van der Waals surface area contributed by atoms with E-state index >= 15 is 0 Å². The van der Waals surface area contributed by atoms with Crippen molar-refractivity contribution in [1.29, 1.82) is 0 Å². The normalized spacial score (nSPS) is 13.2. The molecule has 1 aromatic heterocycles. The van der Waals surface area contributed by atoms with Crippen molar-refractivity contribution in [3.05, 3.63) is 125 Å². The molecule has 40 heavy (non-hydrogen) atoms. The smallest absolute Gasteiger partial charge is 0.347 e. The van der Waals surface area contributed by atoms with Gasteiger partial charge < -0.3 is 23.4 Å². The van der Waals surface area contributed by atoms with Crippen molar-refractivity contribution >= 4 is 28.8 Å². The number of fused-ring (bicyclic) bond motifs is 2. The van der Waals surface area contributed by atoms with Gasteiger partial charge in [0, 0.05) is 11.5 Å². The second kappa shape index (κ2) is 10.5. The number of hydrogen-bond donors (Lipinski definition) is 0. The molecule has 4 aromatic carbocycles. The SMILES string of the molecule is COc1cccc(C=C2Oc3cc(OC(=O)c4c(C)oc5ccc(OCc6ccccc6)cc45)ccc3C2=O)c1. The van der Waals surface area contributed by atoms with Gasteiger partial charge >= 0.3 is 5.97 Å². The predicted octanol–water partition coefficient (Wildman–Crippen LogP) is 7.16. The highest BCUT2D eigenvalue weighted by molar-refractivity contribution is 6.14. The van der Waals surface area contributed by atoms with Crippen LogP contribution in [0.15, 0.2) is 101 Å². The molecule has 2 heterocycles. The summed E-state index contributed by atoms with van der Waals surface area (Å²) in [5, 5.41) is 0.587. The summed E-state index contributed by atoms with van der Waals surface area (Å²) in [6, 6.07) is 27.1. The number of ketones is 1. The van der Waals surface area contributed by atoms with E-state index in [1.807, 2.05) is 48.5 Å². The minimum Gasteiger partial charge on any atom is -0.497 e. The first-order valence-electron chi connectivity index (χ1n) is 12.6. The van der Waals surface area contributed by atoms with Crippen molar-refractivity contribution in [3.8, 4) is 23.0 Å². The molecule has 198 valence electrons. The number of benzene rings is 4. The molecule has 7 heteroatoms. The molecule has 0 N–H and O–H groups in total. The first-order valence-corrected chi connectivity index (χ1v) is 12.6. The summed E-state index contributed by atoms with van der Waals surface area (Å²) < 4.78 is 28.5. The number of Topliss-reactive ketones (excluding diaryl/α,β-unsaturated/α-hetero) is 1. The Morgan fingerprint density at radius 1 is 0.875 bits per heavy atom. The van der Waals surface area contributed by atoms with Gasteiger partial charge in [0.2, 0.25) is 5.78 Å². The van der Waals surface area contributed by atoms with Crippen LogP contribution in [-0.2, 0) is 6.61 Å². The van der Waals surface area contributed by atoms with Crippen molar-refractivity contribution in [2.24, 2.45) is 0 Å². The molecule has 1 aliphatic heterocycles. The minimum absolute atomic E-state index is 0.173. The largest absolute Gasteiger partial charge is 0.497 e. The molecule has 0 bridgehead atoms. The number of hydrogen-bond acceptors (Lipinski definition) is 7. The monoisotopic (exact) mass is 532 g/mol. The summed E-state index contributed by atoms with van der Waals surface area (Å²) in [7, 11) is 1.58. The maximum Gasteiger partial charge on any atom is 0.347 e. The van der Waals surface area contributed by atoms with Gasteiger partial charge in [-0.15, -0.1) is 0 Å². The van der Waals surface area contributed by atoms with Gasteiger partial charge in [0.1, 0.15) is 46.5 Å². The van der Waals surface area contributed by atoms with Crippen LogP contribution >= 0.6 is 0 Å². The highest BCUT2D eigenvalue weighted by atomic mass is 16.5. The summed E-state index contributed by atoms with van der Waals surface area (Å²) in [4.78, 5) is 26.2. The summed E-state index contributed by atoms with van der Waals surface area (Å²) in [6.07, 6.45) is 1.65. The zero-order chi connectivity index (χ0) is 27.6. The molecule has 0 aliphatic carbocycles. The number of ether oxygens (including phenoxy) is 4. The van der Waals surface area contributed by atoms with E-state index in [9.17, 15) is 9.59 Å². The first kappa shape index (κ1) is 25.0. The zero-order valence-corrected chi connectivity index (χ0v) is 21.8. The Morgan fingerprint density at radius 2 is 1.70 bits per heavy atom. The van der Waals surface area contributed by atoms with Crippen LogP contribution in [0.25, 0.3) is 17.0 Å². The van der Waals surface area contributed by atoms with Gasteiger partial charge in [-0.2, -0.15) is 0 Å². The Morgan fingerprint density at radius 3 is 2.52 bits per heavy atom. The van der Waals surface area contributed by atoms with Crippen LogP contribution in [0.4, 0.5) is 0 Å². The summed E-state index contributed by atoms with van der Waals surface area (Å²) in [5.41, 5.74) is 3.03. The topological polar surface area (TPSA) is 84.2 Å². The van der Waals surface area contributed by atoms with Crippen molar-refractivity contribution in [1.82, 2.24) is 0 Å². The molecule has 6 rings (SSSR count). The quantitative estimate of drug-likeness (QED) is 0.125. The Labute approximate surface area is 230 Å². The number of allylic oxidation sites excluding steroid dienone is 1. The number of esters is 1. The number of carbonyl (C=O) groups excluding carboxylic acids is 2. The van der Waals surface area contributed by atoms with Crippen molar-refractivity contribution in [2.75, 3.05) is 7.11 Å². The van der Waals surface area contributed by atoms with Crippen molar-refractivity contribution < 1.29 is 33.0 Å². The van der Waals surface area contributed by atoms with Gasteiger partial charge in [-0.05, 0) is 66.6 Å². The first-order chi connectivity index (χ1) is 19.5. The molecule has 0 radical (unpaired) electrons. The fourth-order valence-corrected chi connectivity index (χ4v) is 4.55. The second-order valence-corrected chi connectivity index (χ2v) is 9.23. The highest BCUT2D eigenvalue weighted by Crippen LogP contribution is 2.36. The van der Waals surface area contributed by atoms with Gasteiger partial charge in [-0.1, -0.05) is 42.5 Å². The van der Waals surface area contributed by atoms with E-state index in [1.54, 1.807) is 56.5 Å². The lowest BCUT2D eigenvalue weighted by Crippen LogP contribution is -2.09. The average Bonchev–Trinajstić information content (AvgIpc) is 3.46. The Hall–Kier alpha value is -5.30. The minimum atomic E-state index is -0.590. The molecular weight excluding hydrogens is 508 g/mol. The fraction of sp³-hybridized carbons (Fsp3) is 0.0909. The molecule has 1 aliphatic rings. The Kier molecular flexibility index (Phi) is 6.54. The van der Waals surface area contributed by atoms with E-state index in [1.165, 1.54) is 6.07 Å². The van der Waals surface area contributed by atoms with Gasteiger partial charge in [-0.25, -0.2) is 4.79 Å². The van der Waals surface area contributed by atoms with Crippen LogP contribution in [0, 0.1) is 6.92 Å². The molecule has 5 aromatic rings. The maximum absolute atomic E-state index is 13.3. The standard InChI is InChI=1S/C33H24O7/c1-20-31(27-17-24(12-14-28(27)38-20)37-19-21-7-4-3-5-8-21)33(35)39-25-11-13-26-29(18-25)40-30(32(26)34)16-22-9-6-10-23(15-22)36-2/h3-18H,19H2,1-2H3. The van der Waals surface area contributed by atoms with Crippen LogP contribution in [0.3, 0.4) is 0 Å². The molecule has 0 amide bonds. The number of carbonyl (C=O) groups is 2. The molecule has 0 atom stereocenters. The highest BCUT2D eigenvalue weighted by Gasteiger charge is 2.29. The lowest BCUT2D eigenvalue weighted by atomic mass is 10.1. The molecule has 0 saturated heterocycles. The van der Waals surface area contributed by atoms with Gasteiger partial charge in [0.05, 0.1) is 12.7 Å². The third-order valence-electron chi connectivity index (χ3n) is 6.53. The third kappa shape index (κ3) is 4.92. The van der Waals surface area contributed by atoms with Crippen LogP contribution in [0.2, 0.25) is 0 Å². The zero-order valence-electron chi connectivity index (χ0n) is 21.8. The molecule has 0 fully saturated rings. The summed E-state index contributed by atoms with van der Waals surface area (Å²) >= 11 is 0. The van der Waals surface area contributed by atoms with E-state index in [0.29, 0.717) is 51.7 Å². The van der Waals surface area contributed by atoms with Crippen LogP contribution in [-0.4, -0.2) is 18.9 Å². The molecule has 0 unspecified atom stereocenters. The van der Waals surface area contributed by atoms with E-state index in [2.05, 4.69) is 0 Å². The molecule has 0 spiro atoms. The fourth-order valence-electron chi connectivity index (χ4n) is 4.55.